The van der Waals surface area contributed by atoms with Crippen molar-refractivity contribution in [3.8, 4) is 5.75 Å². The predicted octanol–water partition coefficient (Wildman–Crippen LogP) is 7.37. The van der Waals surface area contributed by atoms with Crippen LogP contribution < -0.4 is 14.4 Å². The third-order valence-corrected chi connectivity index (χ3v) is 16.1. The van der Waals surface area contributed by atoms with Crippen LogP contribution in [0.3, 0.4) is 0 Å². The van der Waals surface area contributed by atoms with E-state index in [0.29, 0.717) is 42.7 Å². The minimum Gasteiger partial charge on any atom is -0.490 e. The zero-order valence-electron chi connectivity index (χ0n) is 33.5. The Labute approximate surface area is 330 Å². The summed E-state index contributed by atoms with van der Waals surface area (Å²) >= 11 is 6.54. The minimum atomic E-state index is -2.96. The van der Waals surface area contributed by atoms with Gasteiger partial charge in [-0.2, -0.15) is 0 Å². The number of allylic oxidation sites excluding steroid dienone is 1. The maximum atomic E-state index is 14.1. The summed E-state index contributed by atoms with van der Waals surface area (Å²) in [5.41, 5.74) is 3.34. The predicted molar refractivity (Wildman–Crippen MR) is 224 cm³/mol. The zero-order valence-corrected chi connectivity index (χ0v) is 35.0. The minimum absolute atomic E-state index is 0.0333. The van der Waals surface area contributed by atoms with Crippen LogP contribution in [0.5, 0.6) is 5.75 Å². The Hall–Kier alpha value is -2.56. The van der Waals surface area contributed by atoms with E-state index < -0.39 is 15.3 Å². The molecule has 8 atom stereocenters. The van der Waals surface area contributed by atoms with Crippen molar-refractivity contribution >= 4 is 38.8 Å². The highest BCUT2D eigenvalue weighted by molar-refractivity contribution is 7.99. The highest BCUT2D eigenvalue weighted by Gasteiger charge is 2.50. The second-order valence-electron chi connectivity index (χ2n) is 17.5. The molecule has 10 heteroatoms. The maximum Gasteiger partial charge on any atom is 0.262 e. The largest absolute Gasteiger partial charge is 0.490 e. The Morgan fingerprint density at radius 2 is 1.93 bits per heavy atom. The summed E-state index contributed by atoms with van der Waals surface area (Å²) in [5, 5.41) is 0.440. The molecule has 1 saturated carbocycles. The highest BCUT2D eigenvalue weighted by Crippen LogP contribution is 2.49. The summed E-state index contributed by atoms with van der Waals surface area (Å²) in [6, 6.07) is 13.1. The van der Waals surface area contributed by atoms with Crippen molar-refractivity contribution in [2.75, 3.05) is 57.4 Å². The van der Waals surface area contributed by atoms with Gasteiger partial charge in [-0.3, -0.25) is 19.3 Å². The van der Waals surface area contributed by atoms with Crippen molar-refractivity contribution in [3.05, 3.63) is 70.3 Å². The van der Waals surface area contributed by atoms with E-state index in [1.165, 1.54) is 11.1 Å². The molecule has 2 aliphatic carbocycles. The first-order chi connectivity index (χ1) is 25.7. The highest BCUT2D eigenvalue weighted by atomic mass is 35.5. The number of amides is 1. The maximum absolute atomic E-state index is 14.1. The Morgan fingerprint density at radius 1 is 1.11 bits per heavy atom. The van der Waals surface area contributed by atoms with E-state index in [9.17, 15) is 9.00 Å². The van der Waals surface area contributed by atoms with Gasteiger partial charge in [-0.25, -0.2) is 4.21 Å². The molecule has 1 spiro atoms. The standard InChI is InChI=1S/C44H63ClN4O4S/c1-8-53-44(28-47-21-22-49(30(2)3)32(5)25-47)20-9-11-31(4)33(6)54(7,51)46-42(50)35-14-18-41-40(24-35)48(26-36-13-16-39(36)44)27-43(29-52-41)19-10-12-34-23-37(45)15-17-38(34)43/h9,14-15,17-18,20,23-24,30-33,36,39H,7-8,10-13,16,19,21-22,25-29H2,1-6H3,(H,46,50,51)/b20-9+/t31-,32+,33+,36-,39+,43-,44-,54?/m0/s1. The molecule has 296 valence electrons. The van der Waals surface area contributed by atoms with Crippen molar-refractivity contribution in [2.24, 2.45) is 17.8 Å². The van der Waals surface area contributed by atoms with Gasteiger partial charge in [0.25, 0.3) is 5.91 Å². The molecule has 2 aromatic carbocycles. The molecule has 1 amide bonds. The molecule has 54 heavy (non-hydrogen) atoms. The van der Waals surface area contributed by atoms with Gasteiger partial charge in [0.05, 0.1) is 22.0 Å². The van der Waals surface area contributed by atoms with Crippen molar-refractivity contribution < 1.29 is 18.5 Å². The second kappa shape index (κ2) is 15.8. The van der Waals surface area contributed by atoms with Crippen LogP contribution in [0, 0.1) is 17.8 Å². The molecule has 3 heterocycles. The molecule has 2 bridgehead atoms. The lowest BCUT2D eigenvalue weighted by molar-refractivity contribution is -0.115. The summed E-state index contributed by atoms with van der Waals surface area (Å²) in [6.07, 6.45) is 10.7. The van der Waals surface area contributed by atoms with Gasteiger partial charge in [-0.15, -0.1) is 0 Å². The number of halogens is 1. The number of nitrogens with one attached hydrogen (secondary N) is 1. The molecule has 2 aromatic rings. The quantitative estimate of drug-likeness (QED) is 0.251. The van der Waals surface area contributed by atoms with E-state index in [4.69, 9.17) is 21.1 Å². The van der Waals surface area contributed by atoms with E-state index in [-0.39, 0.29) is 22.5 Å². The molecule has 7 rings (SSSR count). The van der Waals surface area contributed by atoms with Crippen molar-refractivity contribution in [1.82, 2.24) is 14.5 Å². The summed E-state index contributed by atoms with van der Waals surface area (Å²) < 4.78 is 30.8. The zero-order chi connectivity index (χ0) is 38.4. The first-order valence-corrected chi connectivity index (χ1v) is 22.7. The Bertz CT molecular complexity index is 1830. The van der Waals surface area contributed by atoms with E-state index in [1.807, 2.05) is 25.1 Å². The Morgan fingerprint density at radius 3 is 2.65 bits per heavy atom. The Balaban J connectivity index is 1.31. The van der Waals surface area contributed by atoms with Gasteiger partial charge in [-0.05, 0) is 138 Å². The molecule has 1 N–H and O–H groups in total. The number of fused-ring (bicyclic) bond motifs is 4. The van der Waals surface area contributed by atoms with Crippen LogP contribution in [0.4, 0.5) is 5.69 Å². The smallest absolute Gasteiger partial charge is 0.262 e. The third kappa shape index (κ3) is 7.74. The molecule has 5 aliphatic rings. The summed E-state index contributed by atoms with van der Waals surface area (Å²) in [7, 11) is -2.96. The molecule has 8 nitrogen and oxygen atoms in total. The van der Waals surface area contributed by atoms with Crippen LogP contribution in [0.2, 0.25) is 5.02 Å². The van der Waals surface area contributed by atoms with Gasteiger partial charge in [0.15, 0.2) is 0 Å². The van der Waals surface area contributed by atoms with Crippen molar-refractivity contribution in [1.29, 1.82) is 0 Å². The van der Waals surface area contributed by atoms with Gasteiger partial charge in [-0.1, -0.05) is 36.7 Å². The van der Waals surface area contributed by atoms with E-state index in [1.54, 1.807) is 6.07 Å². The van der Waals surface area contributed by atoms with Gasteiger partial charge < -0.3 is 14.4 Å². The summed E-state index contributed by atoms with van der Waals surface area (Å²) in [5.74, 6) is 5.25. The fourth-order valence-corrected chi connectivity index (χ4v) is 12.1. The summed E-state index contributed by atoms with van der Waals surface area (Å²) in [4.78, 5) is 21.6. The lowest BCUT2D eigenvalue weighted by Crippen LogP contribution is -2.61. The van der Waals surface area contributed by atoms with Crippen molar-refractivity contribution in [3.63, 3.8) is 0 Å². The molecule has 2 fully saturated rings. The number of aryl methyl sites for hydroxylation is 1. The molecule has 0 aromatic heterocycles. The Kier molecular flexibility index (Phi) is 11.6. The normalized spacial score (nSPS) is 35.7. The first-order valence-electron chi connectivity index (χ1n) is 20.5. The number of ether oxygens (including phenoxy) is 2. The van der Waals surface area contributed by atoms with Gasteiger partial charge in [0, 0.05) is 79.2 Å². The van der Waals surface area contributed by atoms with E-state index in [0.717, 1.165) is 94.3 Å². The van der Waals surface area contributed by atoms with Gasteiger partial charge in [0.2, 0.25) is 0 Å². The average Bonchev–Trinajstić information content (AvgIpc) is 3.25. The van der Waals surface area contributed by atoms with Gasteiger partial charge in [0.1, 0.15) is 11.4 Å². The number of piperazine rings is 1. The van der Waals surface area contributed by atoms with Crippen LogP contribution >= 0.6 is 11.6 Å². The lowest BCUT2D eigenvalue weighted by Gasteiger charge is -2.53. The SMILES string of the molecule is C=S1(=O)NC(=O)c2ccc3c(c2)N(C[C@@H]2CC[C@H]2[C@](CN2CCN(C(C)C)[C@H](C)C2)(OCC)/C=C/C[C@H](C)[C@H]1C)C[C@@]1(CCCc2cc(Cl)ccc21)CO3. The average molecular weight is 780 g/mol. The number of carbonyl (C=O) groups excluding carboxylic acids is 1. The number of rotatable bonds is 5. The van der Waals surface area contributed by atoms with Crippen molar-refractivity contribution in [2.45, 2.75) is 108 Å². The topological polar surface area (TPSA) is 74.4 Å². The lowest BCUT2D eigenvalue weighted by atomic mass is 9.63. The molecule has 3 aliphatic heterocycles. The summed E-state index contributed by atoms with van der Waals surface area (Å²) in [6.45, 7) is 19.9. The van der Waals surface area contributed by atoms with E-state index in [2.05, 4.69) is 84.2 Å². The number of carbonyl (C=O) groups is 1. The monoisotopic (exact) mass is 778 g/mol. The molecular weight excluding hydrogens is 716 g/mol. The van der Waals surface area contributed by atoms with Crippen LogP contribution in [0.1, 0.15) is 95.1 Å². The van der Waals surface area contributed by atoms with E-state index >= 15 is 0 Å². The molecule has 0 radical (unpaired) electrons. The van der Waals surface area contributed by atoms with Crippen LogP contribution in [0.15, 0.2) is 48.6 Å². The number of anilines is 1. The number of hydrogen-bond donors (Lipinski definition) is 1. The van der Waals surface area contributed by atoms with Gasteiger partial charge >= 0.3 is 0 Å². The van der Waals surface area contributed by atoms with Crippen LogP contribution in [-0.4, -0.2) is 101 Å². The fourth-order valence-electron chi connectivity index (χ4n) is 10.4. The second-order valence-corrected chi connectivity index (χ2v) is 20.3. The molecule has 1 unspecified atom stereocenters. The third-order valence-electron chi connectivity index (χ3n) is 13.7. The number of nitrogens with zero attached hydrogens (tertiary/aromatic N) is 3. The number of hydrogen-bond acceptors (Lipinski definition) is 7. The van der Waals surface area contributed by atoms with Crippen LogP contribution in [0.25, 0.3) is 0 Å². The molecular formula is C44H63ClN4O4S. The first kappa shape index (κ1) is 39.7. The number of benzene rings is 2. The molecule has 1 saturated heterocycles. The fraction of sp³-hybridized carbons (Fsp3) is 0.636. The van der Waals surface area contributed by atoms with Crippen LogP contribution in [-0.2, 0) is 26.3 Å².